The van der Waals surface area contributed by atoms with Gasteiger partial charge in [0.15, 0.2) is 0 Å². The monoisotopic (exact) mass is 248 g/mol. The van der Waals surface area contributed by atoms with E-state index in [4.69, 9.17) is 18.0 Å². The summed E-state index contributed by atoms with van der Waals surface area (Å²) < 4.78 is 0. The summed E-state index contributed by atoms with van der Waals surface area (Å²) in [5.74, 6) is -0.0262. The lowest BCUT2D eigenvalue weighted by Gasteiger charge is -2.20. The van der Waals surface area contributed by atoms with Gasteiger partial charge in [0, 0.05) is 25.1 Å². The number of hydrogen-bond acceptors (Lipinski definition) is 2. The molecule has 0 radical (unpaired) electrons. The first-order chi connectivity index (χ1) is 8.15. The van der Waals surface area contributed by atoms with Gasteiger partial charge in [-0.25, -0.2) is 0 Å². The Kier molecular flexibility index (Phi) is 5.36. The van der Waals surface area contributed by atoms with E-state index in [1.807, 2.05) is 18.2 Å². The van der Waals surface area contributed by atoms with Crippen LogP contribution in [0.4, 0.5) is 0 Å². The van der Waals surface area contributed by atoms with Gasteiger partial charge in [-0.3, -0.25) is 4.79 Å². The summed E-state index contributed by atoms with van der Waals surface area (Å²) >= 11 is 4.82. The number of thiocarbonyl (C=S) groups is 1. The molecule has 0 saturated carbocycles. The Morgan fingerprint density at radius 3 is 2.59 bits per heavy atom. The van der Waals surface area contributed by atoms with Gasteiger partial charge in [0.2, 0.25) is 0 Å². The molecule has 0 heterocycles. The lowest BCUT2D eigenvalue weighted by Crippen LogP contribution is -2.33. The van der Waals surface area contributed by atoms with Crippen molar-refractivity contribution in [1.29, 1.82) is 0 Å². The van der Waals surface area contributed by atoms with E-state index in [0.717, 1.165) is 0 Å². The molecule has 0 bridgehead atoms. The highest BCUT2D eigenvalue weighted by molar-refractivity contribution is 7.80. The molecule has 1 aromatic rings. The zero-order valence-corrected chi connectivity index (χ0v) is 10.5. The summed E-state index contributed by atoms with van der Waals surface area (Å²) in [6.07, 6.45) is 2.22. The first kappa shape index (κ1) is 13.4. The van der Waals surface area contributed by atoms with E-state index in [1.54, 1.807) is 23.1 Å². The summed E-state index contributed by atoms with van der Waals surface area (Å²) in [7, 11) is 0. The first-order valence-electron chi connectivity index (χ1n) is 5.38. The van der Waals surface area contributed by atoms with Crippen molar-refractivity contribution in [2.75, 3.05) is 13.1 Å². The van der Waals surface area contributed by atoms with Gasteiger partial charge in [-0.2, -0.15) is 0 Å². The molecule has 0 aliphatic rings. The summed E-state index contributed by atoms with van der Waals surface area (Å²) in [6.45, 7) is 4.66. The van der Waals surface area contributed by atoms with Crippen LogP contribution in [-0.2, 0) is 0 Å². The van der Waals surface area contributed by atoms with Crippen LogP contribution in [0.1, 0.15) is 16.8 Å². The van der Waals surface area contributed by atoms with Gasteiger partial charge in [0.1, 0.15) is 0 Å². The highest BCUT2D eigenvalue weighted by Crippen LogP contribution is 2.05. The predicted molar refractivity (Wildman–Crippen MR) is 73.9 cm³/mol. The van der Waals surface area contributed by atoms with E-state index in [1.165, 1.54) is 0 Å². The quantitative estimate of drug-likeness (QED) is 0.618. The molecule has 0 unspecified atom stereocenters. The van der Waals surface area contributed by atoms with Crippen molar-refractivity contribution in [3.63, 3.8) is 0 Å². The van der Waals surface area contributed by atoms with Crippen LogP contribution in [0.25, 0.3) is 0 Å². The van der Waals surface area contributed by atoms with Gasteiger partial charge in [-0.05, 0) is 12.1 Å². The van der Waals surface area contributed by atoms with Crippen LogP contribution in [0.5, 0.6) is 0 Å². The van der Waals surface area contributed by atoms with Gasteiger partial charge in [-0.15, -0.1) is 6.58 Å². The van der Waals surface area contributed by atoms with Crippen LogP contribution < -0.4 is 5.73 Å². The average Bonchev–Trinajstić information content (AvgIpc) is 2.34. The molecule has 0 spiro atoms. The SMILES string of the molecule is C=CCN(CCC(N)=S)C(=O)c1ccccc1. The van der Waals surface area contributed by atoms with E-state index < -0.39 is 0 Å². The number of hydrogen-bond donors (Lipinski definition) is 1. The smallest absolute Gasteiger partial charge is 0.254 e. The summed E-state index contributed by atoms with van der Waals surface area (Å²) in [4.78, 5) is 14.2. The van der Waals surface area contributed by atoms with Crippen molar-refractivity contribution in [1.82, 2.24) is 4.90 Å². The molecular formula is C13H16N2OS. The second-order valence-corrected chi connectivity index (χ2v) is 4.15. The van der Waals surface area contributed by atoms with Crippen molar-refractivity contribution < 1.29 is 4.79 Å². The molecule has 0 atom stereocenters. The molecule has 0 saturated heterocycles. The fraction of sp³-hybridized carbons (Fsp3) is 0.231. The first-order valence-corrected chi connectivity index (χ1v) is 5.79. The number of carbonyl (C=O) groups excluding carboxylic acids is 1. The van der Waals surface area contributed by atoms with Crippen molar-refractivity contribution in [2.45, 2.75) is 6.42 Å². The van der Waals surface area contributed by atoms with Gasteiger partial charge in [0.25, 0.3) is 5.91 Å². The summed E-state index contributed by atoms with van der Waals surface area (Å²) in [6, 6.07) is 9.14. The second kappa shape index (κ2) is 6.81. The average molecular weight is 248 g/mol. The largest absolute Gasteiger partial charge is 0.393 e. The van der Waals surface area contributed by atoms with Crippen molar-refractivity contribution >= 4 is 23.1 Å². The lowest BCUT2D eigenvalue weighted by molar-refractivity contribution is 0.0778. The maximum Gasteiger partial charge on any atom is 0.254 e. The van der Waals surface area contributed by atoms with E-state index in [2.05, 4.69) is 6.58 Å². The fourth-order valence-corrected chi connectivity index (χ4v) is 1.53. The second-order valence-electron chi connectivity index (χ2n) is 3.62. The third-order valence-corrected chi connectivity index (χ3v) is 2.49. The molecule has 3 nitrogen and oxygen atoms in total. The molecule has 4 heteroatoms. The maximum absolute atomic E-state index is 12.1. The molecule has 0 aliphatic carbocycles. The molecule has 1 rings (SSSR count). The van der Waals surface area contributed by atoms with E-state index in [0.29, 0.717) is 30.1 Å². The minimum atomic E-state index is -0.0262. The molecular weight excluding hydrogens is 232 g/mol. The zero-order chi connectivity index (χ0) is 12.7. The van der Waals surface area contributed by atoms with Gasteiger partial charge in [-0.1, -0.05) is 36.5 Å². The van der Waals surface area contributed by atoms with Crippen LogP contribution in [0, 0.1) is 0 Å². The van der Waals surface area contributed by atoms with Gasteiger partial charge in [0.05, 0.1) is 4.99 Å². The molecule has 0 aromatic heterocycles. The third-order valence-electron chi connectivity index (χ3n) is 2.29. The van der Waals surface area contributed by atoms with Crippen LogP contribution in [-0.4, -0.2) is 28.9 Å². The maximum atomic E-state index is 12.1. The number of benzene rings is 1. The van der Waals surface area contributed by atoms with Crippen LogP contribution in [0.3, 0.4) is 0 Å². The number of nitrogens with zero attached hydrogens (tertiary/aromatic N) is 1. The minimum absolute atomic E-state index is 0.0262. The Morgan fingerprint density at radius 2 is 2.06 bits per heavy atom. The summed E-state index contributed by atoms with van der Waals surface area (Å²) in [5, 5.41) is 0. The van der Waals surface area contributed by atoms with Crippen LogP contribution >= 0.6 is 12.2 Å². The standard InChI is InChI=1S/C13H16N2OS/c1-2-9-15(10-8-12(14)17)13(16)11-6-4-3-5-7-11/h2-7H,1,8-10H2,(H2,14,17). The molecule has 1 amide bonds. The molecule has 0 fully saturated rings. The van der Waals surface area contributed by atoms with Crippen LogP contribution in [0.15, 0.2) is 43.0 Å². The Hall–Kier alpha value is -1.68. The molecule has 17 heavy (non-hydrogen) atoms. The highest BCUT2D eigenvalue weighted by atomic mass is 32.1. The highest BCUT2D eigenvalue weighted by Gasteiger charge is 2.13. The van der Waals surface area contributed by atoms with Gasteiger partial charge >= 0.3 is 0 Å². The number of rotatable bonds is 6. The third kappa shape index (κ3) is 4.36. The van der Waals surface area contributed by atoms with Crippen molar-refractivity contribution in [2.24, 2.45) is 5.73 Å². The summed E-state index contributed by atoms with van der Waals surface area (Å²) in [5.41, 5.74) is 6.11. The number of carbonyl (C=O) groups is 1. The van der Waals surface area contributed by atoms with E-state index >= 15 is 0 Å². The predicted octanol–water partition coefficient (Wildman–Crippen LogP) is 1.99. The fourth-order valence-electron chi connectivity index (χ4n) is 1.44. The molecule has 90 valence electrons. The Balaban J connectivity index is 2.73. The Bertz CT molecular complexity index is 403. The number of amides is 1. The van der Waals surface area contributed by atoms with Crippen molar-refractivity contribution in [3.8, 4) is 0 Å². The van der Waals surface area contributed by atoms with E-state index in [9.17, 15) is 4.79 Å². The van der Waals surface area contributed by atoms with Crippen molar-refractivity contribution in [3.05, 3.63) is 48.6 Å². The number of nitrogens with two attached hydrogens (primary N) is 1. The topological polar surface area (TPSA) is 46.3 Å². The van der Waals surface area contributed by atoms with Crippen LogP contribution in [0.2, 0.25) is 0 Å². The van der Waals surface area contributed by atoms with Gasteiger partial charge < -0.3 is 10.6 Å². The Labute approximate surface area is 107 Å². The molecule has 0 aliphatic heterocycles. The molecule has 2 N–H and O–H groups in total. The minimum Gasteiger partial charge on any atom is -0.393 e. The lowest BCUT2D eigenvalue weighted by atomic mass is 10.2. The Morgan fingerprint density at radius 1 is 1.41 bits per heavy atom. The zero-order valence-electron chi connectivity index (χ0n) is 9.63. The molecule has 1 aromatic carbocycles. The van der Waals surface area contributed by atoms with E-state index in [-0.39, 0.29) is 5.91 Å². The normalized spacial score (nSPS) is 9.65.